The van der Waals surface area contributed by atoms with Gasteiger partial charge in [0.25, 0.3) is 0 Å². The van der Waals surface area contributed by atoms with Gasteiger partial charge in [0.2, 0.25) is 5.91 Å². The fourth-order valence-electron chi connectivity index (χ4n) is 1.40. The van der Waals surface area contributed by atoms with Crippen LogP contribution >= 0.6 is 11.3 Å². The Morgan fingerprint density at radius 1 is 1.62 bits per heavy atom. The Hall–Kier alpha value is -0.940. The van der Waals surface area contributed by atoms with Gasteiger partial charge in [-0.05, 0) is 19.3 Å². The molecule has 1 aromatic rings. The lowest BCUT2D eigenvalue weighted by Gasteiger charge is -2.03. The van der Waals surface area contributed by atoms with E-state index in [1.54, 1.807) is 11.3 Å². The van der Waals surface area contributed by atoms with Gasteiger partial charge in [0.05, 0.1) is 11.6 Å². The molecule has 88 valence electrons. The van der Waals surface area contributed by atoms with E-state index in [2.05, 4.69) is 22.5 Å². The summed E-state index contributed by atoms with van der Waals surface area (Å²) < 4.78 is 0. The summed E-state index contributed by atoms with van der Waals surface area (Å²) in [5, 5.41) is 7.23. The van der Waals surface area contributed by atoms with Crippen LogP contribution in [0.2, 0.25) is 0 Å². The van der Waals surface area contributed by atoms with Gasteiger partial charge >= 0.3 is 0 Å². The van der Waals surface area contributed by atoms with Crippen molar-refractivity contribution in [2.75, 3.05) is 6.54 Å². The van der Waals surface area contributed by atoms with Crippen molar-refractivity contribution < 1.29 is 4.79 Å². The zero-order valence-corrected chi connectivity index (χ0v) is 10.3. The standard InChI is InChI=1S/C11H17N3OS/c1-2-11-13-6-9(16-11)5-12-7-10(15)14-8-3-4-8/h6,8,12H,2-5,7H2,1H3,(H,14,15). The van der Waals surface area contributed by atoms with Crippen LogP contribution in [0.3, 0.4) is 0 Å². The number of hydrogen-bond acceptors (Lipinski definition) is 4. The Morgan fingerprint density at radius 3 is 3.06 bits per heavy atom. The molecule has 16 heavy (non-hydrogen) atoms. The Bertz CT molecular complexity index is 360. The monoisotopic (exact) mass is 239 g/mol. The molecule has 0 bridgehead atoms. The van der Waals surface area contributed by atoms with E-state index >= 15 is 0 Å². The third-order valence-corrected chi connectivity index (χ3v) is 3.57. The third-order valence-electron chi connectivity index (χ3n) is 2.43. The summed E-state index contributed by atoms with van der Waals surface area (Å²) in [4.78, 5) is 16.8. The molecule has 0 radical (unpaired) electrons. The van der Waals surface area contributed by atoms with Crippen LogP contribution in [0.4, 0.5) is 0 Å². The van der Waals surface area contributed by atoms with E-state index in [1.807, 2.05) is 6.20 Å². The Morgan fingerprint density at radius 2 is 2.44 bits per heavy atom. The molecule has 2 rings (SSSR count). The highest BCUT2D eigenvalue weighted by molar-refractivity contribution is 7.11. The van der Waals surface area contributed by atoms with Crippen LogP contribution in [0.25, 0.3) is 0 Å². The Kier molecular flexibility index (Phi) is 3.90. The molecule has 4 nitrogen and oxygen atoms in total. The number of carbonyl (C=O) groups excluding carboxylic acids is 1. The van der Waals surface area contributed by atoms with Gasteiger partial charge in [-0.1, -0.05) is 6.92 Å². The number of aromatic nitrogens is 1. The summed E-state index contributed by atoms with van der Waals surface area (Å²) in [5.41, 5.74) is 0. The van der Waals surface area contributed by atoms with Gasteiger partial charge in [0.1, 0.15) is 0 Å². The second-order valence-electron chi connectivity index (χ2n) is 4.02. The molecule has 1 amide bonds. The minimum absolute atomic E-state index is 0.0998. The first kappa shape index (κ1) is 11.5. The summed E-state index contributed by atoms with van der Waals surface area (Å²) in [6.45, 7) is 3.23. The highest BCUT2D eigenvalue weighted by Gasteiger charge is 2.22. The van der Waals surface area contributed by atoms with Crippen molar-refractivity contribution in [1.29, 1.82) is 0 Å². The highest BCUT2D eigenvalue weighted by atomic mass is 32.1. The van der Waals surface area contributed by atoms with Crippen LogP contribution in [0, 0.1) is 0 Å². The van der Waals surface area contributed by atoms with Crippen molar-refractivity contribution >= 4 is 17.2 Å². The highest BCUT2D eigenvalue weighted by Crippen LogP contribution is 2.18. The van der Waals surface area contributed by atoms with Gasteiger partial charge in [-0.3, -0.25) is 4.79 Å². The molecule has 2 N–H and O–H groups in total. The zero-order valence-electron chi connectivity index (χ0n) is 9.45. The van der Waals surface area contributed by atoms with Crippen molar-refractivity contribution in [3.05, 3.63) is 16.1 Å². The number of thiazole rings is 1. The number of nitrogens with zero attached hydrogens (tertiary/aromatic N) is 1. The second kappa shape index (κ2) is 5.41. The normalized spacial score (nSPS) is 15.1. The molecule has 1 saturated carbocycles. The van der Waals surface area contributed by atoms with Crippen molar-refractivity contribution in [3.8, 4) is 0 Å². The fourth-order valence-corrected chi connectivity index (χ4v) is 2.23. The second-order valence-corrected chi connectivity index (χ2v) is 5.22. The van der Waals surface area contributed by atoms with Crippen LogP contribution in [0.15, 0.2) is 6.20 Å². The van der Waals surface area contributed by atoms with E-state index in [9.17, 15) is 4.79 Å². The van der Waals surface area contributed by atoms with E-state index < -0.39 is 0 Å². The minimum atomic E-state index is 0.0998. The van der Waals surface area contributed by atoms with Crippen molar-refractivity contribution in [2.45, 2.75) is 38.8 Å². The minimum Gasteiger partial charge on any atom is -0.352 e. The Balaban J connectivity index is 1.64. The van der Waals surface area contributed by atoms with Crippen molar-refractivity contribution in [3.63, 3.8) is 0 Å². The van der Waals surface area contributed by atoms with Gasteiger partial charge < -0.3 is 10.6 Å². The average molecular weight is 239 g/mol. The van der Waals surface area contributed by atoms with Crippen molar-refractivity contribution in [1.82, 2.24) is 15.6 Å². The van der Waals surface area contributed by atoms with Gasteiger partial charge in [-0.15, -0.1) is 11.3 Å². The van der Waals surface area contributed by atoms with Crippen molar-refractivity contribution in [2.24, 2.45) is 0 Å². The summed E-state index contributed by atoms with van der Waals surface area (Å²) in [6.07, 6.45) is 5.14. The zero-order chi connectivity index (χ0) is 11.4. The fraction of sp³-hybridized carbons (Fsp3) is 0.636. The summed E-state index contributed by atoms with van der Waals surface area (Å²) in [6, 6.07) is 0.449. The lowest BCUT2D eigenvalue weighted by molar-refractivity contribution is -0.120. The predicted octanol–water partition coefficient (Wildman–Crippen LogP) is 1.07. The summed E-state index contributed by atoms with van der Waals surface area (Å²) in [7, 11) is 0. The lowest BCUT2D eigenvalue weighted by atomic mass is 10.5. The van der Waals surface area contributed by atoms with Crippen LogP contribution in [0.1, 0.15) is 29.7 Å². The molecule has 0 aromatic carbocycles. The van der Waals surface area contributed by atoms with E-state index in [0.29, 0.717) is 12.6 Å². The molecule has 0 spiro atoms. The quantitative estimate of drug-likeness (QED) is 0.781. The first-order valence-electron chi connectivity index (χ1n) is 5.71. The maximum absolute atomic E-state index is 11.4. The largest absolute Gasteiger partial charge is 0.352 e. The van der Waals surface area contributed by atoms with Gasteiger partial charge in [-0.25, -0.2) is 4.98 Å². The van der Waals surface area contributed by atoms with Crippen LogP contribution in [0.5, 0.6) is 0 Å². The van der Waals surface area contributed by atoms with Crippen LogP contribution < -0.4 is 10.6 Å². The van der Waals surface area contributed by atoms with E-state index in [1.165, 1.54) is 4.88 Å². The summed E-state index contributed by atoms with van der Waals surface area (Å²) in [5.74, 6) is 0.0998. The molecule has 0 saturated heterocycles. The van der Waals surface area contributed by atoms with E-state index in [0.717, 1.165) is 30.8 Å². The van der Waals surface area contributed by atoms with Gasteiger partial charge in [0.15, 0.2) is 0 Å². The molecular formula is C11H17N3OS. The molecular weight excluding hydrogens is 222 g/mol. The van der Waals surface area contributed by atoms with E-state index in [4.69, 9.17) is 0 Å². The number of rotatable bonds is 6. The molecule has 1 fully saturated rings. The number of carbonyl (C=O) groups is 1. The SMILES string of the molecule is CCc1ncc(CNCC(=O)NC2CC2)s1. The topological polar surface area (TPSA) is 54.0 Å². The molecule has 0 aliphatic heterocycles. The molecule has 1 aliphatic carbocycles. The number of aryl methyl sites for hydroxylation is 1. The molecule has 1 aliphatic rings. The average Bonchev–Trinajstić information content (AvgIpc) is 2.96. The van der Waals surface area contributed by atoms with Crippen LogP contribution in [-0.4, -0.2) is 23.5 Å². The first-order chi connectivity index (χ1) is 7.78. The Labute approximate surface area is 99.5 Å². The van der Waals surface area contributed by atoms with Gasteiger partial charge in [0, 0.05) is 23.7 Å². The smallest absolute Gasteiger partial charge is 0.234 e. The molecule has 5 heteroatoms. The van der Waals surface area contributed by atoms with Crippen LogP contribution in [-0.2, 0) is 17.8 Å². The molecule has 0 atom stereocenters. The first-order valence-corrected chi connectivity index (χ1v) is 6.53. The third kappa shape index (κ3) is 3.57. The molecule has 0 unspecified atom stereocenters. The lowest BCUT2D eigenvalue weighted by Crippen LogP contribution is -2.34. The summed E-state index contributed by atoms with van der Waals surface area (Å²) >= 11 is 1.71. The maximum Gasteiger partial charge on any atom is 0.234 e. The molecule has 1 aromatic heterocycles. The maximum atomic E-state index is 11.4. The van der Waals surface area contributed by atoms with Gasteiger partial charge in [-0.2, -0.15) is 0 Å². The number of amides is 1. The predicted molar refractivity (Wildman–Crippen MR) is 64.4 cm³/mol. The van der Waals surface area contributed by atoms with E-state index in [-0.39, 0.29) is 5.91 Å². The number of hydrogen-bond donors (Lipinski definition) is 2. The molecule has 1 heterocycles. The number of nitrogens with one attached hydrogen (secondary N) is 2.